The number of rotatable bonds is 8. The lowest BCUT2D eigenvalue weighted by Gasteiger charge is -2.38. The van der Waals surface area contributed by atoms with E-state index in [1.807, 2.05) is 11.9 Å². The summed E-state index contributed by atoms with van der Waals surface area (Å²) in [6, 6.07) is 0.177. The lowest BCUT2D eigenvalue weighted by Crippen LogP contribution is -2.49. The standard InChI is InChI=1S/C17H34N2O2/c1-7-13(3)17(15(8-2)21-6)19(5)16(20)11-14-9-10-18(4)12-14/h13-15,17H,7-12H2,1-6H3. The second kappa shape index (κ2) is 8.74. The fourth-order valence-electron chi connectivity index (χ4n) is 3.54. The molecule has 124 valence electrons. The lowest BCUT2D eigenvalue weighted by atomic mass is 9.91. The van der Waals surface area contributed by atoms with E-state index in [1.165, 1.54) is 0 Å². The van der Waals surface area contributed by atoms with Gasteiger partial charge in [-0.2, -0.15) is 0 Å². The van der Waals surface area contributed by atoms with E-state index in [1.54, 1.807) is 7.11 Å². The predicted molar refractivity (Wildman–Crippen MR) is 87.3 cm³/mol. The van der Waals surface area contributed by atoms with Crippen LogP contribution in [0.1, 0.15) is 46.5 Å². The van der Waals surface area contributed by atoms with Crippen molar-refractivity contribution in [1.82, 2.24) is 9.80 Å². The third-order valence-corrected chi connectivity index (χ3v) is 5.11. The Kier molecular flexibility index (Phi) is 7.67. The molecule has 1 aliphatic rings. The number of ether oxygens (including phenoxy) is 1. The monoisotopic (exact) mass is 298 g/mol. The molecule has 1 amide bonds. The molecule has 0 aliphatic carbocycles. The van der Waals surface area contributed by atoms with Gasteiger partial charge in [0, 0.05) is 27.1 Å². The molecule has 0 N–H and O–H groups in total. The number of amides is 1. The molecule has 1 rings (SSSR count). The van der Waals surface area contributed by atoms with Crippen molar-refractivity contribution in [1.29, 1.82) is 0 Å². The first-order chi connectivity index (χ1) is 9.94. The summed E-state index contributed by atoms with van der Waals surface area (Å²) in [6.45, 7) is 8.71. The van der Waals surface area contributed by atoms with E-state index in [9.17, 15) is 4.79 Å². The van der Waals surface area contributed by atoms with Crippen LogP contribution < -0.4 is 0 Å². The Hall–Kier alpha value is -0.610. The molecule has 0 aromatic carbocycles. The summed E-state index contributed by atoms with van der Waals surface area (Å²) in [7, 11) is 5.85. The molecule has 4 nitrogen and oxygen atoms in total. The van der Waals surface area contributed by atoms with Crippen molar-refractivity contribution in [3.8, 4) is 0 Å². The zero-order valence-corrected chi connectivity index (χ0v) is 14.8. The van der Waals surface area contributed by atoms with Crippen LogP contribution in [-0.4, -0.2) is 62.1 Å². The molecule has 0 spiro atoms. The highest BCUT2D eigenvalue weighted by Gasteiger charge is 2.33. The van der Waals surface area contributed by atoms with Gasteiger partial charge in [-0.3, -0.25) is 4.79 Å². The van der Waals surface area contributed by atoms with Gasteiger partial charge in [0.1, 0.15) is 0 Å². The number of likely N-dealkylation sites (tertiary alicyclic amines) is 1. The molecule has 1 fully saturated rings. The summed E-state index contributed by atoms with van der Waals surface area (Å²) < 4.78 is 5.64. The van der Waals surface area contributed by atoms with Gasteiger partial charge < -0.3 is 14.5 Å². The fourth-order valence-corrected chi connectivity index (χ4v) is 3.54. The average molecular weight is 298 g/mol. The maximum absolute atomic E-state index is 12.7. The van der Waals surface area contributed by atoms with Crippen LogP contribution in [0.5, 0.6) is 0 Å². The minimum Gasteiger partial charge on any atom is -0.379 e. The summed E-state index contributed by atoms with van der Waals surface area (Å²) in [4.78, 5) is 16.9. The van der Waals surface area contributed by atoms with E-state index >= 15 is 0 Å². The van der Waals surface area contributed by atoms with Crippen LogP contribution in [0.15, 0.2) is 0 Å². The highest BCUT2D eigenvalue weighted by Crippen LogP contribution is 2.24. The van der Waals surface area contributed by atoms with Crippen LogP contribution in [0.25, 0.3) is 0 Å². The van der Waals surface area contributed by atoms with E-state index in [-0.39, 0.29) is 18.1 Å². The number of carbonyl (C=O) groups is 1. The maximum Gasteiger partial charge on any atom is 0.222 e. The SMILES string of the molecule is CCC(C)C(C(CC)OC)N(C)C(=O)CC1CCN(C)C1. The van der Waals surface area contributed by atoms with E-state index in [0.29, 0.717) is 18.3 Å². The highest BCUT2D eigenvalue weighted by molar-refractivity contribution is 5.76. The van der Waals surface area contributed by atoms with Crippen LogP contribution in [0.2, 0.25) is 0 Å². The molecular formula is C17H34N2O2. The molecule has 1 aliphatic heterocycles. The molecule has 4 unspecified atom stereocenters. The summed E-state index contributed by atoms with van der Waals surface area (Å²) in [6.07, 6.45) is 3.95. The molecule has 0 bridgehead atoms. The van der Waals surface area contributed by atoms with Gasteiger partial charge >= 0.3 is 0 Å². The molecule has 0 saturated carbocycles. The topological polar surface area (TPSA) is 32.8 Å². The average Bonchev–Trinajstić information content (AvgIpc) is 2.88. The van der Waals surface area contributed by atoms with Crippen LogP contribution in [-0.2, 0) is 9.53 Å². The van der Waals surface area contributed by atoms with Crippen molar-refractivity contribution in [3.05, 3.63) is 0 Å². The number of hydrogen-bond acceptors (Lipinski definition) is 3. The minimum absolute atomic E-state index is 0.125. The Morgan fingerprint density at radius 1 is 1.38 bits per heavy atom. The summed E-state index contributed by atoms with van der Waals surface area (Å²) >= 11 is 0. The Morgan fingerprint density at radius 2 is 2.05 bits per heavy atom. The fraction of sp³-hybridized carbons (Fsp3) is 0.941. The molecule has 1 saturated heterocycles. The molecule has 4 heteroatoms. The van der Waals surface area contributed by atoms with Crippen LogP contribution in [0.4, 0.5) is 0 Å². The van der Waals surface area contributed by atoms with Crippen LogP contribution in [0, 0.1) is 11.8 Å². The van der Waals surface area contributed by atoms with Crippen molar-refractivity contribution in [2.24, 2.45) is 11.8 Å². The van der Waals surface area contributed by atoms with Gasteiger partial charge in [0.05, 0.1) is 12.1 Å². The Bertz CT molecular complexity index is 318. The molecule has 4 atom stereocenters. The normalized spacial score (nSPS) is 23.8. The zero-order valence-electron chi connectivity index (χ0n) is 14.8. The quantitative estimate of drug-likeness (QED) is 0.690. The molecule has 0 aromatic rings. The lowest BCUT2D eigenvalue weighted by molar-refractivity contribution is -0.137. The summed E-state index contributed by atoms with van der Waals surface area (Å²) in [5.41, 5.74) is 0. The molecule has 1 heterocycles. The number of hydrogen-bond donors (Lipinski definition) is 0. The number of likely N-dealkylation sites (N-methyl/N-ethyl adjacent to an activating group) is 1. The Balaban J connectivity index is 2.69. The van der Waals surface area contributed by atoms with Crippen molar-refractivity contribution in [2.75, 3.05) is 34.3 Å². The molecular weight excluding hydrogens is 264 g/mol. The van der Waals surface area contributed by atoms with Crippen molar-refractivity contribution in [2.45, 2.75) is 58.6 Å². The zero-order chi connectivity index (χ0) is 16.0. The third kappa shape index (κ3) is 4.96. The first-order valence-corrected chi connectivity index (χ1v) is 8.41. The second-order valence-corrected chi connectivity index (χ2v) is 6.68. The number of nitrogens with zero attached hydrogens (tertiary/aromatic N) is 2. The van der Waals surface area contributed by atoms with Gasteiger partial charge in [-0.1, -0.05) is 27.2 Å². The summed E-state index contributed by atoms with van der Waals surface area (Å²) in [5, 5.41) is 0. The van der Waals surface area contributed by atoms with Crippen LogP contribution >= 0.6 is 0 Å². The van der Waals surface area contributed by atoms with E-state index in [0.717, 1.165) is 32.4 Å². The largest absolute Gasteiger partial charge is 0.379 e. The van der Waals surface area contributed by atoms with E-state index in [2.05, 4.69) is 32.7 Å². The number of carbonyl (C=O) groups excluding carboxylic acids is 1. The minimum atomic E-state index is 0.125. The van der Waals surface area contributed by atoms with E-state index < -0.39 is 0 Å². The van der Waals surface area contributed by atoms with Gasteiger partial charge in [0.15, 0.2) is 0 Å². The first-order valence-electron chi connectivity index (χ1n) is 8.41. The maximum atomic E-state index is 12.7. The summed E-state index contributed by atoms with van der Waals surface area (Å²) in [5.74, 6) is 1.25. The third-order valence-electron chi connectivity index (χ3n) is 5.11. The van der Waals surface area contributed by atoms with Crippen LogP contribution in [0.3, 0.4) is 0 Å². The number of methoxy groups -OCH3 is 1. The predicted octanol–water partition coefficient (Wildman–Crippen LogP) is 2.63. The van der Waals surface area contributed by atoms with Gasteiger partial charge in [0.25, 0.3) is 0 Å². The Labute approximate surface area is 130 Å². The van der Waals surface area contributed by atoms with Crippen molar-refractivity contribution < 1.29 is 9.53 Å². The first kappa shape index (κ1) is 18.4. The van der Waals surface area contributed by atoms with Gasteiger partial charge in [-0.05, 0) is 38.3 Å². The molecule has 0 radical (unpaired) electrons. The Morgan fingerprint density at radius 3 is 2.48 bits per heavy atom. The second-order valence-electron chi connectivity index (χ2n) is 6.68. The van der Waals surface area contributed by atoms with Crippen molar-refractivity contribution in [3.63, 3.8) is 0 Å². The smallest absolute Gasteiger partial charge is 0.222 e. The van der Waals surface area contributed by atoms with Gasteiger partial charge in [0.2, 0.25) is 5.91 Å². The van der Waals surface area contributed by atoms with E-state index in [4.69, 9.17) is 4.74 Å². The van der Waals surface area contributed by atoms with Gasteiger partial charge in [-0.15, -0.1) is 0 Å². The molecule has 21 heavy (non-hydrogen) atoms. The van der Waals surface area contributed by atoms with Gasteiger partial charge in [-0.25, -0.2) is 0 Å². The highest BCUT2D eigenvalue weighted by atomic mass is 16.5. The van der Waals surface area contributed by atoms with Crippen molar-refractivity contribution >= 4 is 5.91 Å². The molecule has 0 aromatic heterocycles.